The molecule has 1 saturated carbocycles. The fourth-order valence-electron chi connectivity index (χ4n) is 1.44. The first-order valence-corrected chi connectivity index (χ1v) is 3.27. The molecule has 0 aromatic heterocycles. The Kier molecular flexibility index (Phi) is 0.914. The van der Waals surface area contributed by atoms with Gasteiger partial charge in [-0.05, 0) is 12.8 Å². The molecule has 1 aliphatic carbocycles. The van der Waals surface area contributed by atoms with E-state index in [4.69, 9.17) is 12.6 Å². The first kappa shape index (κ1) is 4.86. The summed E-state index contributed by atoms with van der Waals surface area (Å²) in [6, 6.07) is 0. The predicted octanol–water partition coefficient (Wildman–Crippen LogP) is 0.895. The molecule has 1 aliphatic heterocycles. The van der Waals surface area contributed by atoms with Gasteiger partial charge in [0.1, 0.15) is 0 Å². The Bertz CT molecular complexity index is 105. The van der Waals surface area contributed by atoms with Crippen molar-refractivity contribution >= 4 is 7.85 Å². The fraction of sp³-hybridized carbons (Fsp3) is 1.00. The van der Waals surface area contributed by atoms with E-state index in [2.05, 4.69) is 0 Å². The second-order valence-corrected chi connectivity index (χ2v) is 2.79. The van der Waals surface area contributed by atoms with Crippen molar-refractivity contribution in [1.82, 2.24) is 0 Å². The Hall–Kier alpha value is 0.0249. The van der Waals surface area contributed by atoms with Gasteiger partial charge in [0.05, 0.1) is 20.1 Å². The molecule has 0 spiro atoms. The highest BCUT2D eigenvalue weighted by molar-refractivity contribution is 6.11. The van der Waals surface area contributed by atoms with E-state index < -0.39 is 0 Å². The standard InChI is InChI=1S/C6H9BO/c7-4-1-2-5-6(3-4)8-5/h4-6H,1-3H2. The van der Waals surface area contributed by atoms with Gasteiger partial charge in [-0.2, -0.15) is 0 Å². The zero-order chi connectivity index (χ0) is 5.56. The molecular weight excluding hydrogens is 98.9 g/mol. The minimum atomic E-state index is 0.429. The SMILES string of the molecule is [B]C1CCC2OC2C1. The molecule has 1 nitrogen and oxygen atoms in total. The van der Waals surface area contributed by atoms with Crippen LogP contribution in [0.3, 0.4) is 0 Å². The van der Waals surface area contributed by atoms with Crippen LogP contribution in [0.25, 0.3) is 0 Å². The lowest BCUT2D eigenvalue weighted by molar-refractivity contribution is 0.373. The molecule has 8 heavy (non-hydrogen) atoms. The van der Waals surface area contributed by atoms with Crippen LogP contribution in [0.2, 0.25) is 5.82 Å². The highest BCUT2D eigenvalue weighted by Gasteiger charge is 2.42. The summed E-state index contributed by atoms with van der Waals surface area (Å²) < 4.78 is 5.27. The van der Waals surface area contributed by atoms with Crippen LogP contribution in [-0.2, 0) is 4.74 Å². The molecule has 0 amide bonds. The van der Waals surface area contributed by atoms with Crippen LogP contribution in [0.5, 0.6) is 0 Å². The summed E-state index contributed by atoms with van der Waals surface area (Å²) in [5.41, 5.74) is 0. The number of hydrogen-bond donors (Lipinski definition) is 0. The minimum absolute atomic E-state index is 0.429. The van der Waals surface area contributed by atoms with Crippen molar-refractivity contribution in [2.45, 2.75) is 37.3 Å². The van der Waals surface area contributed by atoms with Crippen LogP contribution in [0, 0.1) is 0 Å². The second-order valence-electron chi connectivity index (χ2n) is 2.79. The van der Waals surface area contributed by atoms with Gasteiger partial charge in [0, 0.05) is 0 Å². The van der Waals surface area contributed by atoms with E-state index in [0.29, 0.717) is 18.0 Å². The Morgan fingerprint density at radius 1 is 1.25 bits per heavy atom. The maximum Gasteiger partial charge on any atom is 0.0841 e. The summed E-state index contributed by atoms with van der Waals surface area (Å²) in [5.74, 6) is 0.429. The van der Waals surface area contributed by atoms with Gasteiger partial charge < -0.3 is 4.74 Å². The van der Waals surface area contributed by atoms with Gasteiger partial charge in [0.15, 0.2) is 0 Å². The van der Waals surface area contributed by atoms with Gasteiger partial charge in [0.25, 0.3) is 0 Å². The topological polar surface area (TPSA) is 12.5 Å². The van der Waals surface area contributed by atoms with Crippen molar-refractivity contribution in [3.63, 3.8) is 0 Å². The summed E-state index contributed by atoms with van der Waals surface area (Å²) in [7, 11) is 5.67. The lowest BCUT2D eigenvalue weighted by Gasteiger charge is -2.12. The maximum absolute atomic E-state index is 5.67. The zero-order valence-corrected chi connectivity index (χ0v) is 4.84. The smallest absolute Gasteiger partial charge is 0.0841 e. The molecule has 0 bridgehead atoms. The van der Waals surface area contributed by atoms with E-state index in [1.807, 2.05) is 0 Å². The molecule has 2 rings (SSSR count). The average Bonchev–Trinajstić information content (AvgIpc) is 2.43. The van der Waals surface area contributed by atoms with Gasteiger partial charge in [-0.3, -0.25) is 0 Å². The molecule has 42 valence electrons. The van der Waals surface area contributed by atoms with Crippen LogP contribution in [0.1, 0.15) is 19.3 Å². The van der Waals surface area contributed by atoms with E-state index >= 15 is 0 Å². The van der Waals surface area contributed by atoms with Crippen LogP contribution in [0.15, 0.2) is 0 Å². The molecule has 0 aromatic rings. The quantitative estimate of drug-likeness (QED) is 0.331. The summed E-state index contributed by atoms with van der Waals surface area (Å²) in [5, 5.41) is 0. The third kappa shape index (κ3) is 0.674. The highest BCUT2D eigenvalue weighted by atomic mass is 16.6. The molecule has 2 radical (unpaired) electrons. The van der Waals surface area contributed by atoms with Crippen molar-refractivity contribution in [3.05, 3.63) is 0 Å². The summed E-state index contributed by atoms with van der Waals surface area (Å²) in [4.78, 5) is 0. The first-order valence-electron chi connectivity index (χ1n) is 3.27. The molecule has 1 saturated heterocycles. The van der Waals surface area contributed by atoms with E-state index in [1.165, 1.54) is 12.8 Å². The maximum atomic E-state index is 5.67. The van der Waals surface area contributed by atoms with Crippen molar-refractivity contribution in [3.8, 4) is 0 Å². The molecule has 0 N–H and O–H groups in total. The van der Waals surface area contributed by atoms with Crippen LogP contribution in [0.4, 0.5) is 0 Å². The third-order valence-electron chi connectivity index (χ3n) is 2.04. The van der Waals surface area contributed by atoms with Crippen molar-refractivity contribution in [2.75, 3.05) is 0 Å². The van der Waals surface area contributed by atoms with Crippen LogP contribution >= 0.6 is 0 Å². The molecule has 3 unspecified atom stereocenters. The average molecular weight is 108 g/mol. The first-order chi connectivity index (χ1) is 3.86. The van der Waals surface area contributed by atoms with E-state index in [0.717, 1.165) is 6.42 Å². The largest absolute Gasteiger partial charge is 0.370 e. The number of ether oxygens (including phenoxy) is 1. The van der Waals surface area contributed by atoms with Crippen LogP contribution in [-0.4, -0.2) is 20.1 Å². The zero-order valence-electron chi connectivity index (χ0n) is 4.84. The molecular formula is C6H9BO. The van der Waals surface area contributed by atoms with Crippen LogP contribution < -0.4 is 0 Å². The van der Waals surface area contributed by atoms with Crippen molar-refractivity contribution in [1.29, 1.82) is 0 Å². The number of rotatable bonds is 0. The minimum Gasteiger partial charge on any atom is -0.370 e. The highest BCUT2D eigenvalue weighted by Crippen LogP contribution is 2.40. The van der Waals surface area contributed by atoms with E-state index in [-0.39, 0.29) is 0 Å². The summed E-state index contributed by atoms with van der Waals surface area (Å²) in [6.07, 6.45) is 4.63. The monoisotopic (exact) mass is 108 g/mol. The number of fused-ring (bicyclic) bond motifs is 1. The van der Waals surface area contributed by atoms with Gasteiger partial charge in [-0.25, -0.2) is 0 Å². The predicted molar refractivity (Wildman–Crippen MR) is 32.0 cm³/mol. The number of epoxide rings is 1. The second kappa shape index (κ2) is 1.50. The molecule has 2 aliphatic rings. The third-order valence-corrected chi connectivity index (χ3v) is 2.04. The Balaban J connectivity index is 1.93. The van der Waals surface area contributed by atoms with Gasteiger partial charge in [0.2, 0.25) is 0 Å². The lowest BCUT2D eigenvalue weighted by Crippen LogP contribution is -2.08. The van der Waals surface area contributed by atoms with Gasteiger partial charge in [-0.1, -0.05) is 12.2 Å². The van der Waals surface area contributed by atoms with Crippen molar-refractivity contribution in [2.24, 2.45) is 0 Å². The van der Waals surface area contributed by atoms with Gasteiger partial charge in [-0.15, -0.1) is 0 Å². The Morgan fingerprint density at radius 3 is 2.75 bits per heavy atom. The summed E-state index contributed by atoms with van der Waals surface area (Å²) >= 11 is 0. The number of hydrogen-bond acceptors (Lipinski definition) is 1. The lowest BCUT2D eigenvalue weighted by atomic mass is 9.76. The van der Waals surface area contributed by atoms with E-state index in [9.17, 15) is 0 Å². The summed E-state index contributed by atoms with van der Waals surface area (Å²) in [6.45, 7) is 0. The normalized spacial score (nSPS) is 52.8. The molecule has 0 aromatic carbocycles. The molecule has 3 atom stereocenters. The fourth-order valence-corrected chi connectivity index (χ4v) is 1.44. The molecule has 2 fully saturated rings. The van der Waals surface area contributed by atoms with Crippen molar-refractivity contribution < 1.29 is 4.74 Å². The van der Waals surface area contributed by atoms with E-state index in [1.54, 1.807) is 0 Å². The van der Waals surface area contributed by atoms with Gasteiger partial charge >= 0.3 is 0 Å². The molecule has 2 heteroatoms. The Labute approximate surface area is 50.8 Å². The molecule has 1 heterocycles. The Morgan fingerprint density at radius 2 is 2.12 bits per heavy atom.